The van der Waals surface area contributed by atoms with Crippen LogP contribution in [0, 0.1) is 11.6 Å². The third-order valence-electron chi connectivity index (χ3n) is 6.07. The van der Waals surface area contributed by atoms with Crippen molar-refractivity contribution in [2.75, 3.05) is 0 Å². The topological polar surface area (TPSA) is 0 Å². The third-order valence-corrected chi connectivity index (χ3v) is 18.5. The van der Waals surface area contributed by atoms with Gasteiger partial charge < -0.3 is 0 Å². The number of hydrogen-bond acceptors (Lipinski definition) is 2. The van der Waals surface area contributed by atoms with Crippen LogP contribution in [0.4, 0.5) is 8.78 Å². The van der Waals surface area contributed by atoms with Crippen molar-refractivity contribution in [3.63, 3.8) is 0 Å². The first-order chi connectivity index (χ1) is 16.7. The molecule has 0 fully saturated rings. The average Bonchev–Trinajstić information content (AvgIpc) is 3.66. The van der Waals surface area contributed by atoms with Gasteiger partial charge in [-0.1, -0.05) is 0 Å². The fourth-order valence-corrected chi connectivity index (χ4v) is 16.5. The van der Waals surface area contributed by atoms with Crippen LogP contribution in [0.3, 0.4) is 0 Å². The fourth-order valence-electron chi connectivity index (χ4n) is 4.51. The SMILES string of the molecule is Fc1c(-c2ccc[se]2)[se]c2cc3sc4c5cc6c(F)c(-c7ccc[se]7)[se]c6cc5sc4c3cc12. The maximum absolute atomic E-state index is 15.4. The van der Waals surface area contributed by atoms with Crippen LogP contribution >= 0.6 is 22.7 Å². The van der Waals surface area contributed by atoms with Gasteiger partial charge in [0.25, 0.3) is 0 Å². The van der Waals surface area contributed by atoms with E-state index in [1.54, 1.807) is 22.7 Å². The number of rotatable bonds is 2. The predicted molar refractivity (Wildman–Crippen MR) is 148 cm³/mol. The van der Waals surface area contributed by atoms with E-state index in [4.69, 9.17) is 0 Å². The van der Waals surface area contributed by atoms with Crippen LogP contribution in [-0.2, 0) is 0 Å². The van der Waals surface area contributed by atoms with E-state index in [2.05, 4.69) is 58.4 Å². The molecule has 164 valence electrons. The van der Waals surface area contributed by atoms with Crippen molar-refractivity contribution in [1.82, 2.24) is 0 Å². The first-order valence-electron chi connectivity index (χ1n) is 10.4. The summed E-state index contributed by atoms with van der Waals surface area (Å²) in [6, 6.07) is 16.9. The standard InChI is InChI=1S/C26H10F2S2Se4/c27-21-13-7-11-15(9-19(13)33-25(21)17-3-1-5-31-17)29-24-12-8-14-20(10-16(12)30-23(11)24)34-26(22(14)28)18-4-2-6-32-18/h1-10H. The van der Waals surface area contributed by atoms with Gasteiger partial charge in [0, 0.05) is 0 Å². The van der Waals surface area contributed by atoms with Crippen molar-refractivity contribution < 1.29 is 8.78 Å². The van der Waals surface area contributed by atoms with Gasteiger partial charge in [0.2, 0.25) is 0 Å². The molecule has 0 spiro atoms. The zero-order valence-electron chi connectivity index (χ0n) is 17.0. The van der Waals surface area contributed by atoms with Gasteiger partial charge in [-0.3, -0.25) is 0 Å². The average molecular weight is 740 g/mol. The van der Waals surface area contributed by atoms with Crippen LogP contribution in [0.15, 0.2) is 58.4 Å². The quantitative estimate of drug-likeness (QED) is 0.162. The summed E-state index contributed by atoms with van der Waals surface area (Å²) in [6.07, 6.45) is 0. The molecule has 0 saturated heterocycles. The molecule has 2 aromatic carbocycles. The van der Waals surface area contributed by atoms with E-state index in [0.29, 0.717) is 0 Å². The van der Waals surface area contributed by atoms with Crippen molar-refractivity contribution in [1.29, 1.82) is 0 Å². The Morgan fingerprint density at radius 3 is 1.47 bits per heavy atom. The molecule has 8 aromatic rings. The summed E-state index contributed by atoms with van der Waals surface area (Å²) in [6.45, 7) is 0. The Balaban J connectivity index is 1.38. The summed E-state index contributed by atoms with van der Waals surface area (Å²) < 4.78 is 42.3. The number of benzene rings is 2. The van der Waals surface area contributed by atoms with Crippen LogP contribution in [0.2, 0.25) is 0 Å². The number of thiophene rings is 2. The first kappa shape index (κ1) is 21.1. The van der Waals surface area contributed by atoms with Crippen LogP contribution in [0.5, 0.6) is 0 Å². The van der Waals surface area contributed by atoms with E-state index < -0.39 is 0 Å². The second-order valence-electron chi connectivity index (χ2n) is 8.00. The van der Waals surface area contributed by atoms with Gasteiger partial charge in [0.15, 0.2) is 0 Å². The Labute approximate surface area is 224 Å². The van der Waals surface area contributed by atoms with E-state index in [-0.39, 0.29) is 69.6 Å². The zero-order valence-corrected chi connectivity index (χ0v) is 25.5. The van der Waals surface area contributed by atoms with E-state index in [9.17, 15) is 0 Å². The van der Waals surface area contributed by atoms with Crippen LogP contribution in [0.1, 0.15) is 0 Å². The normalized spacial score (nSPS) is 12.4. The second kappa shape index (κ2) is 7.75. The van der Waals surface area contributed by atoms with Gasteiger partial charge in [0.05, 0.1) is 0 Å². The molecule has 0 N–H and O–H groups in total. The fraction of sp³-hybridized carbons (Fsp3) is 0. The van der Waals surface area contributed by atoms with E-state index in [1.807, 2.05) is 0 Å². The molecular formula is C26H10F2S2Se4. The predicted octanol–water partition coefficient (Wildman–Crippen LogP) is 7.42. The molecular weight excluding hydrogens is 730 g/mol. The molecule has 0 aliphatic heterocycles. The van der Waals surface area contributed by atoms with Gasteiger partial charge in [0.1, 0.15) is 0 Å². The Morgan fingerprint density at radius 2 is 1.06 bits per heavy atom. The molecule has 0 radical (unpaired) electrons. The van der Waals surface area contributed by atoms with Crippen molar-refractivity contribution in [2.45, 2.75) is 0 Å². The molecule has 0 saturated carbocycles. The summed E-state index contributed by atoms with van der Waals surface area (Å²) in [7, 11) is 0. The molecule has 0 unspecified atom stereocenters. The minimum absolute atomic E-state index is 0.0190. The van der Waals surface area contributed by atoms with Gasteiger partial charge >= 0.3 is 226 Å². The van der Waals surface area contributed by atoms with Crippen molar-refractivity contribution in [2.24, 2.45) is 0 Å². The third kappa shape index (κ3) is 2.96. The number of fused-ring (bicyclic) bond motifs is 7. The zero-order chi connectivity index (χ0) is 22.6. The summed E-state index contributed by atoms with van der Waals surface area (Å²) >= 11 is 4.10. The second-order valence-corrected chi connectivity index (χ2v) is 18.5. The van der Waals surface area contributed by atoms with Gasteiger partial charge in [-0.15, -0.1) is 0 Å². The van der Waals surface area contributed by atoms with Gasteiger partial charge in [-0.2, -0.15) is 0 Å². The molecule has 0 atom stereocenters. The van der Waals surface area contributed by atoms with Crippen LogP contribution in [0.25, 0.3) is 66.6 Å². The van der Waals surface area contributed by atoms with E-state index in [1.165, 1.54) is 27.7 Å². The first-order valence-corrected chi connectivity index (χ1v) is 19.1. The summed E-state index contributed by atoms with van der Waals surface area (Å²) in [5, 5.41) is 3.85. The maximum atomic E-state index is 15.4. The molecule has 0 bridgehead atoms. The van der Waals surface area contributed by atoms with Crippen molar-refractivity contribution >= 4 is 130 Å². The van der Waals surface area contributed by atoms with Crippen molar-refractivity contribution in [3.05, 3.63) is 70.0 Å². The Hall–Kier alpha value is -1.00. The Morgan fingerprint density at radius 1 is 0.588 bits per heavy atom. The van der Waals surface area contributed by atoms with E-state index in [0.717, 1.165) is 38.9 Å². The van der Waals surface area contributed by atoms with E-state index >= 15 is 8.78 Å². The minimum atomic E-state index is -0.0205. The molecule has 0 amide bonds. The Kier molecular flexibility index (Phi) is 4.81. The molecule has 8 rings (SSSR count). The Bertz CT molecular complexity index is 1880. The van der Waals surface area contributed by atoms with Crippen LogP contribution in [-0.4, -0.2) is 58.0 Å². The molecule has 6 aromatic heterocycles. The monoisotopic (exact) mass is 744 g/mol. The number of halogens is 2. The van der Waals surface area contributed by atoms with Gasteiger partial charge in [-0.25, -0.2) is 0 Å². The summed E-state index contributed by atoms with van der Waals surface area (Å²) in [4.78, 5) is 4.31. The molecule has 8 heteroatoms. The molecule has 0 aliphatic carbocycles. The van der Waals surface area contributed by atoms with Crippen LogP contribution < -0.4 is 0 Å². The number of hydrogen-bond donors (Lipinski definition) is 0. The van der Waals surface area contributed by atoms with Crippen molar-refractivity contribution in [3.8, 4) is 17.7 Å². The summed E-state index contributed by atoms with van der Waals surface area (Å²) in [5.41, 5.74) is 0. The molecule has 0 nitrogen and oxygen atoms in total. The molecule has 0 aliphatic rings. The molecule has 6 heterocycles. The molecule has 34 heavy (non-hydrogen) atoms. The van der Waals surface area contributed by atoms with Gasteiger partial charge in [-0.05, 0) is 0 Å². The summed E-state index contributed by atoms with van der Waals surface area (Å²) in [5.74, 6) is -0.0409.